The Morgan fingerprint density at radius 1 is 0.865 bits per heavy atom. The van der Waals surface area contributed by atoms with Gasteiger partial charge in [-0.05, 0) is 57.5 Å². The summed E-state index contributed by atoms with van der Waals surface area (Å²) in [4.78, 5) is 28.5. The van der Waals surface area contributed by atoms with Crippen LogP contribution < -0.4 is 19.1 Å². The molecular weight excluding hydrogens is 470 g/mol. The number of rotatable bonds is 8. The molecule has 1 atom stereocenters. The summed E-state index contributed by atoms with van der Waals surface area (Å²) < 4.78 is 16.9. The number of aliphatic hydroxyl groups excluding tert-OH is 1. The van der Waals surface area contributed by atoms with Crippen molar-refractivity contribution in [1.29, 1.82) is 0 Å². The van der Waals surface area contributed by atoms with Crippen molar-refractivity contribution in [3.8, 4) is 17.2 Å². The van der Waals surface area contributed by atoms with Crippen LogP contribution in [0.25, 0.3) is 5.76 Å². The molecule has 0 aliphatic carbocycles. The summed E-state index contributed by atoms with van der Waals surface area (Å²) in [5.74, 6) is -0.403. The molecule has 1 heterocycles. The van der Waals surface area contributed by atoms with Gasteiger partial charge in [0.15, 0.2) is 11.5 Å². The molecule has 1 aliphatic rings. The van der Waals surface area contributed by atoms with Crippen molar-refractivity contribution in [2.45, 2.75) is 33.7 Å². The molecule has 0 bridgehead atoms. The Morgan fingerprint density at radius 3 is 2.22 bits per heavy atom. The lowest BCUT2D eigenvalue weighted by Gasteiger charge is -2.26. The molecule has 1 fully saturated rings. The fraction of sp³-hybridized carbons (Fsp3) is 0.267. The third-order valence-electron chi connectivity index (χ3n) is 6.22. The molecule has 1 N–H and O–H groups in total. The SMILES string of the molecule is CCOc1ccc(N2C(=O)C(=O)/C(=C(/O)c3cc(C)ccc3OC)C2c2cccc(C)c2)cc1OCC. The van der Waals surface area contributed by atoms with Crippen LogP contribution in [0.15, 0.2) is 66.2 Å². The second kappa shape index (κ2) is 10.8. The van der Waals surface area contributed by atoms with Crippen molar-refractivity contribution in [2.24, 2.45) is 0 Å². The normalized spacial score (nSPS) is 16.7. The number of amides is 1. The Hall–Kier alpha value is -4.26. The molecule has 3 aromatic rings. The first-order valence-corrected chi connectivity index (χ1v) is 12.2. The number of hydrogen-bond donors (Lipinski definition) is 1. The van der Waals surface area contributed by atoms with Crippen LogP contribution in [0.4, 0.5) is 5.69 Å². The van der Waals surface area contributed by atoms with Gasteiger partial charge in [-0.1, -0.05) is 41.5 Å². The molecule has 0 spiro atoms. The zero-order valence-corrected chi connectivity index (χ0v) is 21.7. The van der Waals surface area contributed by atoms with Crippen LogP contribution in [0.5, 0.6) is 17.2 Å². The Balaban J connectivity index is 1.97. The number of carbonyl (C=O) groups is 2. The van der Waals surface area contributed by atoms with Crippen LogP contribution in [-0.2, 0) is 9.59 Å². The summed E-state index contributed by atoms with van der Waals surface area (Å²) in [7, 11) is 1.49. The smallest absolute Gasteiger partial charge is 0.300 e. The van der Waals surface area contributed by atoms with E-state index < -0.39 is 17.7 Å². The fourth-order valence-electron chi connectivity index (χ4n) is 4.60. The molecule has 7 heteroatoms. The predicted molar refractivity (Wildman–Crippen MR) is 142 cm³/mol. The molecule has 1 unspecified atom stereocenters. The van der Waals surface area contributed by atoms with E-state index in [9.17, 15) is 14.7 Å². The number of hydrogen-bond acceptors (Lipinski definition) is 6. The summed E-state index contributed by atoms with van der Waals surface area (Å²) in [5.41, 5.74) is 3.32. The van der Waals surface area contributed by atoms with Gasteiger partial charge < -0.3 is 19.3 Å². The molecule has 0 aromatic heterocycles. The maximum Gasteiger partial charge on any atom is 0.300 e. The minimum atomic E-state index is -0.863. The minimum absolute atomic E-state index is 0.00801. The average molecular weight is 502 g/mol. The van der Waals surface area contributed by atoms with E-state index >= 15 is 0 Å². The van der Waals surface area contributed by atoms with Crippen LogP contribution in [0.3, 0.4) is 0 Å². The number of ether oxygens (including phenoxy) is 3. The van der Waals surface area contributed by atoms with Crippen LogP contribution in [0.1, 0.15) is 42.1 Å². The van der Waals surface area contributed by atoms with Crippen molar-refractivity contribution in [3.05, 3.63) is 88.5 Å². The van der Waals surface area contributed by atoms with Gasteiger partial charge in [-0.2, -0.15) is 0 Å². The number of nitrogens with zero attached hydrogens (tertiary/aromatic N) is 1. The first kappa shape index (κ1) is 25.8. The van der Waals surface area contributed by atoms with E-state index in [2.05, 4.69) is 0 Å². The van der Waals surface area contributed by atoms with Crippen LogP contribution in [0, 0.1) is 13.8 Å². The van der Waals surface area contributed by atoms with Gasteiger partial charge in [0.25, 0.3) is 11.7 Å². The molecule has 1 aliphatic heterocycles. The molecule has 1 amide bonds. The van der Waals surface area contributed by atoms with Gasteiger partial charge in [0.1, 0.15) is 11.5 Å². The summed E-state index contributed by atoms with van der Waals surface area (Å²) in [6.45, 7) is 8.39. The second-order valence-corrected chi connectivity index (χ2v) is 8.78. The van der Waals surface area contributed by atoms with Gasteiger partial charge in [0.05, 0.1) is 37.5 Å². The van der Waals surface area contributed by atoms with Crippen molar-refractivity contribution in [3.63, 3.8) is 0 Å². The number of carbonyl (C=O) groups excluding carboxylic acids is 2. The largest absolute Gasteiger partial charge is 0.507 e. The Labute approximate surface area is 216 Å². The molecule has 37 heavy (non-hydrogen) atoms. The van der Waals surface area contributed by atoms with E-state index in [0.717, 1.165) is 11.1 Å². The first-order chi connectivity index (χ1) is 17.8. The van der Waals surface area contributed by atoms with Crippen molar-refractivity contribution in [1.82, 2.24) is 0 Å². The number of Topliss-reactive ketones (excluding diaryl/α,β-unsaturated/α-hetero) is 1. The summed E-state index contributed by atoms with van der Waals surface area (Å²) in [6, 6.07) is 17.1. The Bertz CT molecular complexity index is 1380. The van der Waals surface area contributed by atoms with Gasteiger partial charge in [0, 0.05) is 11.8 Å². The predicted octanol–water partition coefficient (Wildman–Crippen LogP) is 5.74. The molecule has 192 valence electrons. The molecule has 0 radical (unpaired) electrons. The molecule has 1 saturated heterocycles. The molecule has 0 saturated carbocycles. The van der Waals surface area contributed by atoms with E-state index in [1.807, 2.05) is 58.0 Å². The molecule has 3 aromatic carbocycles. The molecule has 7 nitrogen and oxygen atoms in total. The van der Waals surface area contributed by atoms with Crippen molar-refractivity contribution >= 4 is 23.1 Å². The Morgan fingerprint density at radius 2 is 1.54 bits per heavy atom. The quantitative estimate of drug-likeness (QED) is 0.241. The topological polar surface area (TPSA) is 85.3 Å². The number of benzene rings is 3. The number of aryl methyl sites for hydroxylation is 2. The van der Waals surface area contributed by atoms with Crippen molar-refractivity contribution in [2.75, 3.05) is 25.2 Å². The zero-order valence-electron chi connectivity index (χ0n) is 21.7. The monoisotopic (exact) mass is 501 g/mol. The fourth-order valence-corrected chi connectivity index (χ4v) is 4.60. The lowest BCUT2D eigenvalue weighted by atomic mass is 9.93. The number of aliphatic hydroxyl groups is 1. The number of anilines is 1. The third kappa shape index (κ3) is 4.89. The van der Waals surface area contributed by atoms with Crippen LogP contribution in [0.2, 0.25) is 0 Å². The average Bonchev–Trinajstić information content (AvgIpc) is 3.15. The minimum Gasteiger partial charge on any atom is -0.507 e. The standard InChI is InChI=1S/C30H31NO6/c1-6-36-24-14-12-21(17-25(24)37-7-2)31-27(20-10-8-9-18(3)15-20)26(29(33)30(31)34)28(32)22-16-19(4)11-13-23(22)35-5/h8-17,27,32H,6-7H2,1-5H3/b28-26+. The molecular formula is C30H31NO6. The van der Waals surface area contributed by atoms with Gasteiger partial charge in [0.2, 0.25) is 0 Å². The van der Waals surface area contributed by atoms with Crippen LogP contribution >= 0.6 is 0 Å². The van der Waals surface area contributed by atoms with E-state index in [4.69, 9.17) is 14.2 Å². The van der Waals surface area contributed by atoms with Gasteiger partial charge in [-0.3, -0.25) is 14.5 Å². The van der Waals surface area contributed by atoms with Crippen molar-refractivity contribution < 1.29 is 28.9 Å². The Kier molecular flexibility index (Phi) is 7.53. The van der Waals surface area contributed by atoms with Gasteiger partial charge in [-0.25, -0.2) is 0 Å². The van der Waals surface area contributed by atoms with Gasteiger partial charge in [-0.15, -0.1) is 0 Å². The lowest BCUT2D eigenvalue weighted by Crippen LogP contribution is -2.29. The van der Waals surface area contributed by atoms with Crippen LogP contribution in [-0.4, -0.2) is 37.1 Å². The maximum absolute atomic E-state index is 13.5. The van der Waals surface area contributed by atoms with E-state index in [0.29, 0.717) is 47.3 Å². The maximum atomic E-state index is 13.5. The second-order valence-electron chi connectivity index (χ2n) is 8.78. The highest BCUT2D eigenvalue weighted by Gasteiger charge is 2.47. The van der Waals surface area contributed by atoms with E-state index in [1.54, 1.807) is 30.3 Å². The number of ketones is 1. The highest BCUT2D eigenvalue weighted by Crippen LogP contribution is 2.45. The summed E-state index contributed by atoms with van der Waals surface area (Å²) in [6.07, 6.45) is 0. The van der Waals surface area contributed by atoms with E-state index in [-0.39, 0.29) is 11.3 Å². The molecule has 4 rings (SSSR count). The summed E-state index contributed by atoms with van der Waals surface area (Å²) in [5, 5.41) is 11.5. The summed E-state index contributed by atoms with van der Waals surface area (Å²) >= 11 is 0. The third-order valence-corrected chi connectivity index (χ3v) is 6.22. The highest BCUT2D eigenvalue weighted by atomic mass is 16.5. The number of methoxy groups -OCH3 is 1. The highest BCUT2D eigenvalue weighted by molar-refractivity contribution is 6.51. The first-order valence-electron chi connectivity index (χ1n) is 12.2. The lowest BCUT2D eigenvalue weighted by molar-refractivity contribution is -0.132. The van der Waals surface area contributed by atoms with Gasteiger partial charge >= 0.3 is 0 Å². The zero-order chi connectivity index (χ0) is 26.7. The van der Waals surface area contributed by atoms with E-state index in [1.165, 1.54) is 12.0 Å².